The lowest BCUT2D eigenvalue weighted by atomic mass is 10.1. The van der Waals surface area contributed by atoms with Gasteiger partial charge in [-0.15, -0.1) is 0 Å². The van der Waals surface area contributed by atoms with Crippen LogP contribution in [0, 0.1) is 5.92 Å². The van der Waals surface area contributed by atoms with Crippen molar-refractivity contribution in [3.05, 3.63) is 35.5 Å². The third-order valence-corrected chi connectivity index (χ3v) is 5.21. The highest BCUT2D eigenvalue weighted by atomic mass is 16.2. The Morgan fingerprint density at radius 1 is 1.19 bits per heavy atom. The Labute approximate surface area is 125 Å². The van der Waals surface area contributed by atoms with E-state index in [1.54, 1.807) is 0 Å². The van der Waals surface area contributed by atoms with Gasteiger partial charge in [-0.25, -0.2) is 0 Å². The highest BCUT2D eigenvalue weighted by Gasteiger charge is 2.29. The molecule has 110 valence electrons. The number of hydrogen-bond acceptors (Lipinski definition) is 1. The monoisotopic (exact) mass is 282 g/mol. The third-order valence-electron chi connectivity index (χ3n) is 5.21. The molecular formula is C18H22N2O. The second-order valence-electron chi connectivity index (χ2n) is 6.57. The number of aryl methyl sites for hydroxylation is 1. The molecule has 0 unspecified atom stereocenters. The molecule has 0 saturated heterocycles. The number of benzene rings is 1. The normalized spacial score (nSPS) is 19.2. The van der Waals surface area contributed by atoms with Gasteiger partial charge in [0.15, 0.2) is 0 Å². The van der Waals surface area contributed by atoms with Gasteiger partial charge in [-0.3, -0.25) is 4.79 Å². The number of rotatable bonds is 1. The Bertz CT molecular complexity index is 695. The van der Waals surface area contributed by atoms with Crippen LogP contribution in [-0.2, 0) is 24.8 Å². The van der Waals surface area contributed by atoms with Crippen LogP contribution >= 0.6 is 0 Å². The van der Waals surface area contributed by atoms with Gasteiger partial charge in [-0.05, 0) is 36.5 Å². The largest absolute Gasteiger partial charge is 0.350 e. The van der Waals surface area contributed by atoms with Crippen molar-refractivity contribution in [1.82, 2.24) is 9.47 Å². The predicted molar refractivity (Wildman–Crippen MR) is 84.0 cm³/mol. The van der Waals surface area contributed by atoms with E-state index in [-0.39, 0.29) is 5.92 Å². The van der Waals surface area contributed by atoms with Gasteiger partial charge in [0.25, 0.3) is 0 Å². The number of carbonyl (C=O) groups is 1. The Kier molecular flexibility index (Phi) is 3.02. The average Bonchev–Trinajstić information content (AvgIpc) is 3.08. The van der Waals surface area contributed by atoms with Gasteiger partial charge in [0.2, 0.25) is 5.91 Å². The topological polar surface area (TPSA) is 25.2 Å². The van der Waals surface area contributed by atoms with Gasteiger partial charge in [0.1, 0.15) is 0 Å². The summed E-state index contributed by atoms with van der Waals surface area (Å²) in [5.41, 5.74) is 3.99. The van der Waals surface area contributed by atoms with Gasteiger partial charge >= 0.3 is 0 Å². The van der Waals surface area contributed by atoms with Gasteiger partial charge < -0.3 is 9.47 Å². The van der Waals surface area contributed by atoms with E-state index < -0.39 is 0 Å². The fraction of sp³-hybridized carbons (Fsp3) is 0.500. The highest BCUT2D eigenvalue weighted by Crippen LogP contribution is 2.31. The van der Waals surface area contributed by atoms with Crippen molar-refractivity contribution in [1.29, 1.82) is 0 Å². The second kappa shape index (κ2) is 4.90. The number of carbonyl (C=O) groups excluding carboxylic acids is 1. The first-order chi connectivity index (χ1) is 10.2. The summed E-state index contributed by atoms with van der Waals surface area (Å²) in [4.78, 5) is 14.8. The fourth-order valence-electron chi connectivity index (χ4n) is 4.10. The molecule has 0 atom stereocenters. The Balaban J connectivity index is 1.69. The third kappa shape index (κ3) is 2.06. The van der Waals surface area contributed by atoms with Gasteiger partial charge in [-0.2, -0.15) is 0 Å². The quantitative estimate of drug-likeness (QED) is 0.788. The molecule has 1 aliphatic carbocycles. The van der Waals surface area contributed by atoms with Crippen LogP contribution in [0.15, 0.2) is 24.4 Å². The van der Waals surface area contributed by atoms with Crippen LogP contribution in [0.3, 0.4) is 0 Å². The van der Waals surface area contributed by atoms with E-state index in [0.717, 1.165) is 32.4 Å². The van der Waals surface area contributed by atoms with Gasteiger partial charge in [-0.1, -0.05) is 25.0 Å². The molecule has 1 aromatic heterocycles. The number of hydrogen-bond donors (Lipinski definition) is 0. The van der Waals surface area contributed by atoms with E-state index in [4.69, 9.17) is 0 Å². The highest BCUT2D eigenvalue weighted by molar-refractivity contribution is 5.88. The maximum Gasteiger partial charge on any atom is 0.225 e. The molecule has 4 rings (SSSR count). The summed E-state index contributed by atoms with van der Waals surface area (Å²) >= 11 is 0. The van der Waals surface area contributed by atoms with E-state index in [2.05, 4.69) is 40.9 Å². The summed E-state index contributed by atoms with van der Waals surface area (Å²) in [5.74, 6) is 0.673. The summed E-state index contributed by atoms with van der Waals surface area (Å²) in [5, 5.41) is 1.38. The minimum absolute atomic E-state index is 0.285. The maximum absolute atomic E-state index is 12.7. The second-order valence-corrected chi connectivity index (χ2v) is 6.57. The first-order valence-corrected chi connectivity index (χ1v) is 8.08. The van der Waals surface area contributed by atoms with E-state index in [0.29, 0.717) is 5.91 Å². The molecule has 2 aromatic rings. The summed E-state index contributed by atoms with van der Waals surface area (Å²) in [6.07, 6.45) is 7.84. The molecule has 1 fully saturated rings. The molecule has 0 N–H and O–H groups in total. The van der Waals surface area contributed by atoms with Crippen molar-refractivity contribution in [2.24, 2.45) is 13.0 Å². The molecular weight excluding hydrogens is 260 g/mol. The first kappa shape index (κ1) is 12.9. The minimum atomic E-state index is 0.285. The Morgan fingerprint density at radius 3 is 2.81 bits per heavy atom. The molecule has 1 aromatic carbocycles. The van der Waals surface area contributed by atoms with E-state index in [1.165, 1.54) is 34.9 Å². The number of aromatic nitrogens is 1. The van der Waals surface area contributed by atoms with Crippen LogP contribution in [-0.4, -0.2) is 21.9 Å². The van der Waals surface area contributed by atoms with Gasteiger partial charge in [0.05, 0.1) is 0 Å². The van der Waals surface area contributed by atoms with Crippen molar-refractivity contribution in [2.45, 2.75) is 38.6 Å². The molecule has 2 aliphatic rings. The SMILES string of the molecule is Cn1cc2c3c(cccc31)CN(C(=O)C1CCCC1)CC2. The van der Waals surface area contributed by atoms with Crippen LogP contribution in [0.5, 0.6) is 0 Å². The van der Waals surface area contributed by atoms with Crippen molar-refractivity contribution < 1.29 is 4.79 Å². The number of nitrogens with zero attached hydrogens (tertiary/aromatic N) is 2. The van der Waals surface area contributed by atoms with Crippen LogP contribution in [0.1, 0.15) is 36.8 Å². The van der Waals surface area contributed by atoms with Crippen LogP contribution in [0.2, 0.25) is 0 Å². The predicted octanol–water partition coefficient (Wildman–Crippen LogP) is 3.25. The molecule has 1 saturated carbocycles. The summed E-state index contributed by atoms with van der Waals surface area (Å²) in [6, 6.07) is 6.48. The average molecular weight is 282 g/mol. The molecule has 3 heteroatoms. The van der Waals surface area contributed by atoms with Crippen LogP contribution in [0.25, 0.3) is 10.9 Å². The van der Waals surface area contributed by atoms with Crippen LogP contribution in [0.4, 0.5) is 0 Å². The molecule has 0 bridgehead atoms. The Hall–Kier alpha value is -1.77. The smallest absolute Gasteiger partial charge is 0.225 e. The van der Waals surface area contributed by atoms with Crippen molar-refractivity contribution >= 4 is 16.8 Å². The number of amides is 1. The standard InChI is InChI=1S/C18H22N2O/c1-19-11-15-9-10-20(18(21)13-5-2-3-6-13)12-14-7-4-8-16(19)17(14)15/h4,7-8,11,13H,2-3,5-6,9-10,12H2,1H3. The molecule has 2 heterocycles. The van der Waals surface area contributed by atoms with Gasteiger partial charge in [0, 0.05) is 43.2 Å². The van der Waals surface area contributed by atoms with E-state index in [1.807, 2.05) is 0 Å². The van der Waals surface area contributed by atoms with Crippen molar-refractivity contribution in [3.8, 4) is 0 Å². The molecule has 3 nitrogen and oxygen atoms in total. The Morgan fingerprint density at radius 2 is 2.00 bits per heavy atom. The zero-order valence-corrected chi connectivity index (χ0v) is 12.6. The maximum atomic E-state index is 12.7. The summed E-state index contributed by atoms with van der Waals surface area (Å²) < 4.78 is 2.21. The molecule has 0 radical (unpaired) electrons. The summed E-state index contributed by atoms with van der Waals surface area (Å²) in [6.45, 7) is 1.65. The zero-order chi connectivity index (χ0) is 14.4. The molecule has 21 heavy (non-hydrogen) atoms. The van der Waals surface area contributed by atoms with Crippen molar-refractivity contribution in [3.63, 3.8) is 0 Å². The lowest BCUT2D eigenvalue weighted by Gasteiger charge is -2.24. The lowest BCUT2D eigenvalue weighted by molar-refractivity contribution is -0.135. The summed E-state index contributed by atoms with van der Waals surface area (Å²) in [7, 11) is 2.11. The van der Waals surface area contributed by atoms with E-state index in [9.17, 15) is 4.79 Å². The van der Waals surface area contributed by atoms with E-state index >= 15 is 0 Å². The van der Waals surface area contributed by atoms with Crippen molar-refractivity contribution in [2.75, 3.05) is 6.54 Å². The zero-order valence-electron chi connectivity index (χ0n) is 12.6. The van der Waals surface area contributed by atoms with Crippen LogP contribution < -0.4 is 0 Å². The molecule has 1 aliphatic heterocycles. The fourth-order valence-corrected chi connectivity index (χ4v) is 4.10. The minimum Gasteiger partial charge on any atom is -0.350 e. The lowest BCUT2D eigenvalue weighted by Crippen LogP contribution is -2.35. The molecule has 1 amide bonds. The first-order valence-electron chi connectivity index (χ1n) is 8.08. The molecule has 0 spiro atoms.